The molecule has 2 rings (SSSR count). The van der Waals surface area contributed by atoms with Gasteiger partial charge in [0, 0.05) is 12.0 Å². The van der Waals surface area contributed by atoms with E-state index in [1.54, 1.807) is 0 Å². The largest absolute Gasteiger partial charge is 0.396 e. The Morgan fingerprint density at radius 3 is 2.69 bits per heavy atom. The molecular weight excluding hydrogens is 204 g/mol. The van der Waals surface area contributed by atoms with Crippen LogP contribution in [-0.4, -0.2) is 36.8 Å². The molecule has 0 radical (unpaired) electrons. The minimum absolute atomic E-state index is 0.00264. The van der Waals surface area contributed by atoms with Crippen molar-refractivity contribution in [1.82, 2.24) is 10.6 Å². The Bertz CT molecular complexity index is 243. The van der Waals surface area contributed by atoms with Gasteiger partial charge < -0.3 is 15.7 Å². The zero-order valence-corrected chi connectivity index (χ0v) is 9.80. The number of hydrogen-bond acceptors (Lipinski definition) is 3. The van der Waals surface area contributed by atoms with Crippen molar-refractivity contribution >= 4 is 5.91 Å². The number of aliphatic hydroxyl groups is 1. The molecule has 1 unspecified atom stereocenters. The molecule has 1 heterocycles. The monoisotopic (exact) mass is 226 g/mol. The number of rotatable bonds is 4. The lowest BCUT2D eigenvalue weighted by atomic mass is 9.87. The summed E-state index contributed by atoms with van der Waals surface area (Å²) in [6.45, 7) is 1.79. The van der Waals surface area contributed by atoms with Gasteiger partial charge in [0.15, 0.2) is 0 Å². The fourth-order valence-electron chi connectivity index (χ4n) is 2.82. The molecule has 1 amide bonds. The first-order valence-corrected chi connectivity index (χ1v) is 6.38. The van der Waals surface area contributed by atoms with Crippen molar-refractivity contribution in [3.8, 4) is 0 Å². The van der Waals surface area contributed by atoms with Gasteiger partial charge in [-0.2, -0.15) is 0 Å². The van der Waals surface area contributed by atoms with Gasteiger partial charge >= 0.3 is 0 Å². The molecule has 0 aromatic rings. The van der Waals surface area contributed by atoms with E-state index >= 15 is 0 Å². The molecule has 0 aromatic heterocycles. The van der Waals surface area contributed by atoms with Gasteiger partial charge in [0.1, 0.15) is 0 Å². The number of nitrogens with one attached hydrogen (secondary N) is 2. The molecule has 4 heteroatoms. The number of hydrogen-bond donors (Lipinski definition) is 3. The lowest BCUT2D eigenvalue weighted by molar-refractivity contribution is -0.123. The van der Waals surface area contributed by atoms with Crippen LogP contribution < -0.4 is 10.6 Å². The lowest BCUT2D eigenvalue weighted by Crippen LogP contribution is -2.45. The number of carbonyl (C=O) groups excluding carboxylic acids is 1. The molecule has 92 valence electrons. The molecule has 2 fully saturated rings. The van der Waals surface area contributed by atoms with Crippen molar-refractivity contribution in [1.29, 1.82) is 0 Å². The van der Waals surface area contributed by atoms with Gasteiger partial charge in [-0.25, -0.2) is 0 Å². The molecule has 1 aliphatic carbocycles. The first kappa shape index (κ1) is 11.9. The van der Waals surface area contributed by atoms with Gasteiger partial charge in [-0.1, -0.05) is 12.8 Å². The van der Waals surface area contributed by atoms with Crippen LogP contribution in [0, 0.1) is 5.41 Å². The molecule has 16 heavy (non-hydrogen) atoms. The Morgan fingerprint density at radius 1 is 1.38 bits per heavy atom. The maximum absolute atomic E-state index is 11.8. The Kier molecular flexibility index (Phi) is 3.82. The summed E-state index contributed by atoms with van der Waals surface area (Å²) in [5, 5.41) is 15.6. The molecule has 3 N–H and O–H groups in total. The molecule has 1 saturated heterocycles. The van der Waals surface area contributed by atoms with Gasteiger partial charge in [0.05, 0.1) is 12.6 Å². The van der Waals surface area contributed by atoms with Gasteiger partial charge in [-0.05, 0) is 32.2 Å². The Balaban J connectivity index is 1.79. The molecule has 1 atom stereocenters. The molecule has 2 aliphatic rings. The fourth-order valence-corrected chi connectivity index (χ4v) is 2.82. The van der Waals surface area contributed by atoms with E-state index in [4.69, 9.17) is 0 Å². The van der Waals surface area contributed by atoms with Crippen molar-refractivity contribution in [2.75, 3.05) is 19.7 Å². The summed E-state index contributed by atoms with van der Waals surface area (Å²) in [6.07, 6.45) is 6.47. The molecule has 0 spiro atoms. The standard InChI is InChI=1S/C12H22N2O2/c15-9-12(5-1-2-6-12)8-14-11(16)10-4-3-7-13-10/h10,13,15H,1-9H2,(H,14,16). The summed E-state index contributed by atoms with van der Waals surface area (Å²) in [5.74, 6) is 0.109. The first-order chi connectivity index (χ1) is 7.76. The summed E-state index contributed by atoms with van der Waals surface area (Å²) in [7, 11) is 0. The highest BCUT2D eigenvalue weighted by Crippen LogP contribution is 2.36. The fraction of sp³-hybridized carbons (Fsp3) is 0.917. The van der Waals surface area contributed by atoms with Gasteiger partial charge in [0.2, 0.25) is 5.91 Å². The summed E-state index contributed by atoms with van der Waals surface area (Å²) >= 11 is 0. The molecule has 0 bridgehead atoms. The van der Waals surface area contributed by atoms with Crippen LogP contribution in [0.4, 0.5) is 0 Å². The van der Waals surface area contributed by atoms with Gasteiger partial charge in [0.25, 0.3) is 0 Å². The number of carbonyl (C=O) groups is 1. The van der Waals surface area contributed by atoms with Crippen molar-refractivity contribution in [2.45, 2.75) is 44.6 Å². The molecule has 0 aromatic carbocycles. The van der Waals surface area contributed by atoms with E-state index in [0.29, 0.717) is 6.54 Å². The van der Waals surface area contributed by atoms with Crippen LogP contribution in [-0.2, 0) is 4.79 Å². The van der Waals surface area contributed by atoms with Crippen LogP contribution in [0.3, 0.4) is 0 Å². The van der Waals surface area contributed by atoms with E-state index < -0.39 is 0 Å². The van der Waals surface area contributed by atoms with E-state index in [2.05, 4.69) is 10.6 Å². The van der Waals surface area contributed by atoms with Crippen LogP contribution in [0.2, 0.25) is 0 Å². The minimum atomic E-state index is -0.0335. The molecule has 1 saturated carbocycles. The smallest absolute Gasteiger partial charge is 0.237 e. The normalized spacial score (nSPS) is 28.2. The van der Waals surface area contributed by atoms with E-state index in [1.807, 2.05) is 0 Å². The topological polar surface area (TPSA) is 61.4 Å². The van der Waals surface area contributed by atoms with Gasteiger partial charge in [-0.15, -0.1) is 0 Å². The molecular formula is C12H22N2O2. The summed E-state index contributed by atoms with van der Waals surface area (Å²) < 4.78 is 0. The van der Waals surface area contributed by atoms with E-state index in [-0.39, 0.29) is 24.0 Å². The van der Waals surface area contributed by atoms with Crippen molar-refractivity contribution in [2.24, 2.45) is 5.41 Å². The second-order valence-corrected chi connectivity index (χ2v) is 5.23. The van der Waals surface area contributed by atoms with Crippen LogP contribution in [0.1, 0.15) is 38.5 Å². The quantitative estimate of drug-likeness (QED) is 0.650. The van der Waals surface area contributed by atoms with E-state index in [0.717, 1.165) is 32.2 Å². The average molecular weight is 226 g/mol. The van der Waals surface area contributed by atoms with Crippen molar-refractivity contribution in [3.63, 3.8) is 0 Å². The Labute approximate surface area is 96.8 Å². The predicted molar refractivity (Wildman–Crippen MR) is 62.0 cm³/mol. The first-order valence-electron chi connectivity index (χ1n) is 6.38. The minimum Gasteiger partial charge on any atom is -0.396 e. The Morgan fingerprint density at radius 2 is 2.12 bits per heavy atom. The number of aliphatic hydroxyl groups excluding tert-OH is 1. The third-order valence-corrected chi connectivity index (χ3v) is 4.01. The summed E-state index contributed by atoms with van der Waals surface area (Å²) in [5.41, 5.74) is -0.0335. The lowest BCUT2D eigenvalue weighted by Gasteiger charge is -2.27. The highest BCUT2D eigenvalue weighted by Gasteiger charge is 2.34. The van der Waals surface area contributed by atoms with Crippen molar-refractivity contribution in [3.05, 3.63) is 0 Å². The Hall–Kier alpha value is -0.610. The van der Waals surface area contributed by atoms with Crippen LogP contribution in [0.5, 0.6) is 0 Å². The highest BCUT2D eigenvalue weighted by atomic mass is 16.3. The van der Waals surface area contributed by atoms with Crippen LogP contribution in [0.25, 0.3) is 0 Å². The molecule has 1 aliphatic heterocycles. The average Bonchev–Trinajstić information content (AvgIpc) is 2.98. The maximum atomic E-state index is 11.8. The zero-order valence-electron chi connectivity index (χ0n) is 9.80. The number of amides is 1. The summed E-state index contributed by atoms with van der Waals surface area (Å²) in [6, 6.07) is -0.00264. The van der Waals surface area contributed by atoms with E-state index in [1.165, 1.54) is 12.8 Å². The SMILES string of the molecule is O=C(NCC1(CO)CCCC1)C1CCCN1. The third-order valence-electron chi connectivity index (χ3n) is 4.01. The second-order valence-electron chi connectivity index (χ2n) is 5.23. The van der Waals surface area contributed by atoms with Gasteiger partial charge in [-0.3, -0.25) is 4.79 Å². The molecule has 4 nitrogen and oxygen atoms in total. The summed E-state index contributed by atoms with van der Waals surface area (Å²) in [4.78, 5) is 11.8. The zero-order chi connectivity index (χ0) is 11.4. The second kappa shape index (κ2) is 5.15. The predicted octanol–water partition coefficient (Wildman–Crippen LogP) is 0.407. The maximum Gasteiger partial charge on any atom is 0.237 e. The van der Waals surface area contributed by atoms with Crippen LogP contribution >= 0.6 is 0 Å². The highest BCUT2D eigenvalue weighted by molar-refractivity contribution is 5.82. The van der Waals surface area contributed by atoms with Crippen LogP contribution in [0.15, 0.2) is 0 Å². The van der Waals surface area contributed by atoms with Crippen molar-refractivity contribution < 1.29 is 9.90 Å². The van der Waals surface area contributed by atoms with E-state index in [9.17, 15) is 9.90 Å². The third kappa shape index (κ3) is 2.55.